The fourth-order valence-electron chi connectivity index (χ4n) is 0.999. The Morgan fingerprint density at radius 1 is 0.882 bits per heavy atom. The highest BCUT2D eigenvalue weighted by Crippen LogP contribution is 2.04. The van der Waals surface area contributed by atoms with E-state index in [9.17, 15) is 9.59 Å². The molecule has 0 saturated heterocycles. The number of rotatable bonds is 10. The molecule has 0 atom stereocenters. The van der Waals surface area contributed by atoms with Gasteiger partial charge in [-0.15, -0.1) is 0 Å². The fraction of sp³-hybridized carbons (Fsp3) is 0.800. The highest BCUT2D eigenvalue weighted by molar-refractivity contribution is 7.99. The Bertz CT molecular complexity index is 204. The number of nitrogens with one attached hydrogen (secondary N) is 2. The Morgan fingerprint density at radius 2 is 1.29 bits per heavy atom. The maximum Gasteiger partial charge on any atom is 0.220 e. The first-order chi connectivity index (χ1) is 8.20. The first kappa shape index (κ1) is 16.2. The molecular formula is C10H20N2O4S. The first-order valence-corrected chi connectivity index (χ1v) is 6.69. The van der Waals surface area contributed by atoms with Crippen LogP contribution in [0.2, 0.25) is 0 Å². The molecule has 0 heterocycles. The Labute approximate surface area is 105 Å². The predicted octanol–water partition coefficient (Wildman–Crippen LogP) is -1.28. The van der Waals surface area contributed by atoms with Crippen LogP contribution in [0, 0.1) is 0 Å². The van der Waals surface area contributed by atoms with Gasteiger partial charge < -0.3 is 20.8 Å². The van der Waals surface area contributed by atoms with Gasteiger partial charge in [0.1, 0.15) is 0 Å². The largest absolute Gasteiger partial charge is 0.395 e. The van der Waals surface area contributed by atoms with Crippen molar-refractivity contribution in [1.29, 1.82) is 0 Å². The molecule has 0 spiro atoms. The lowest BCUT2D eigenvalue weighted by molar-refractivity contribution is -0.121. The molecule has 0 radical (unpaired) electrons. The number of amides is 2. The zero-order valence-electron chi connectivity index (χ0n) is 9.78. The van der Waals surface area contributed by atoms with E-state index in [0.29, 0.717) is 24.3 Å². The topological polar surface area (TPSA) is 98.7 Å². The van der Waals surface area contributed by atoms with Crippen LogP contribution >= 0.6 is 11.8 Å². The van der Waals surface area contributed by atoms with Crippen molar-refractivity contribution in [1.82, 2.24) is 10.6 Å². The van der Waals surface area contributed by atoms with Crippen molar-refractivity contribution in [3.63, 3.8) is 0 Å². The van der Waals surface area contributed by atoms with Gasteiger partial charge in [-0.25, -0.2) is 0 Å². The van der Waals surface area contributed by atoms with Crippen molar-refractivity contribution >= 4 is 23.6 Å². The van der Waals surface area contributed by atoms with Crippen LogP contribution in [-0.2, 0) is 9.59 Å². The number of hydrogen-bond donors (Lipinski definition) is 4. The van der Waals surface area contributed by atoms with Crippen LogP contribution in [0.4, 0.5) is 0 Å². The average Bonchev–Trinajstić information content (AvgIpc) is 2.33. The maximum absolute atomic E-state index is 11.1. The molecule has 0 aliphatic rings. The van der Waals surface area contributed by atoms with Gasteiger partial charge in [-0.3, -0.25) is 9.59 Å². The minimum atomic E-state index is -0.0868. The van der Waals surface area contributed by atoms with Crippen LogP contribution in [0.25, 0.3) is 0 Å². The summed E-state index contributed by atoms with van der Waals surface area (Å²) in [5, 5.41) is 22.1. The van der Waals surface area contributed by atoms with Crippen molar-refractivity contribution < 1.29 is 19.8 Å². The second kappa shape index (κ2) is 11.7. The van der Waals surface area contributed by atoms with E-state index in [-0.39, 0.29) is 38.1 Å². The Morgan fingerprint density at radius 3 is 1.65 bits per heavy atom. The van der Waals surface area contributed by atoms with E-state index in [4.69, 9.17) is 10.2 Å². The van der Waals surface area contributed by atoms with Gasteiger partial charge in [-0.2, -0.15) is 11.8 Å². The molecule has 0 aromatic carbocycles. The number of thioether (sulfide) groups is 1. The molecule has 0 rings (SSSR count). The van der Waals surface area contributed by atoms with Crippen molar-refractivity contribution in [2.75, 3.05) is 37.8 Å². The van der Waals surface area contributed by atoms with Gasteiger partial charge in [0.25, 0.3) is 0 Å². The van der Waals surface area contributed by atoms with Gasteiger partial charge in [0.05, 0.1) is 13.2 Å². The normalized spacial score (nSPS) is 10.0. The molecule has 100 valence electrons. The molecule has 0 aliphatic heterocycles. The lowest BCUT2D eigenvalue weighted by atomic mass is 10.4. The summed E-state index contributed by atoms with van der Waals surface area (Å²) < 4.78 is 0. The Balaban J connectivity index is 3.28. The van der Waals surface area contributed by atoms with Crippen molar-refractivity contribution in [3.05, 3.63) is 0 Å². The van der Waals surface area contributed by atoms with Gasteiger partial charge in [0, 0.05) is 37.4 Å². The zero-order valence-corrected chi connectivity index (χ0v) is 10.6. The lowest BCUT2D eigenvalue weighted by Gasteiger charge is -2.04. The maximum atomic E-state index is 11.1. The van der Waals surface area contributed by atoms with Gasteiger partial charge in [0.15, 0.2) is 0 Å². The SMILES string of the molecule is O=C(CCSCCC(=O)NCCO)NCCO. The monoisotopic (exact) mass is 264 g/mol. The van der Waals surface area contributed by atoms with Gasteiger partial charge in [0.2, 0.25) is 11.8 Å². The second-order valence-electron chi connectivity index (χ2n) is 3.26. The summed E-state index contributed by atoms with van der Waals surface area (Å²) in [4.78, 5) is 22.2. The van der Waals surface area contributed by atoms with Crippen molar-refractivity contribution in [3.8, 4) is 0 Å². The second-order valence-corrected chi connectivity index (χ2v) is 4.48. The summed E-state index contributed by atoms with van der Waals surface area (Å²) in [6.07, 6.45) is 0.784. The zero-order chi connectivity index (χ0) is 12.9. The first-order valence-electron chi connectivity index (χ1n) is 5.53. The molecule has 2 amide bonds. The molecule has 0 saturated carbocycles. The van der Waals surface area contributed by atoms with Crippen LogP contribution in [-0.4, -0.2) is 59.8 Å². The summed E-state index contributed by atoms with van der Waals surface area (Å²) in [5.41, 5.74) is 0. The third kappa shape index (κ3) is 11.5. The van der Waals surface area contributed by atoms with E-state index in [2.05, 4.69) is 10.6 Å². The molecule has 0 bridgehead atoms. The third-order valence-corrected chi connectivity index (χ3v) is 2.80. The minimum absolute atomic E-state index is 0.0517. The molecule has 4 N–H and O–H groups in total. The average molecular weight is 264 g/mol. The Kier molecular flexibility index (Phi) is 11.1. The van der Waals surface area contributed by atoms with Crippen molar-refractivity contribution in [2.24, 2.45) is 0 Å². The van der Waals surface area contributed by atoms with Crippen LogP contribution in [0.1, 0.15) is 12.8 Å². The molecule has 0 fully saturated rings. The van der Waals surface area contributed by atoms with Crippen LogP contribution < -0.4 is 10.6 Å². The molecule has 0 aliphatic carbocycles. The summed E-state index contributed by atoms with van der Waals surface area (Å²) >= 11 is 1.53. The van der Waals surface area contributed by atoms with E-state index >= 15 is 0 Å². The van der Waals surface area contributed by atoms with Crippen LogP contribution in [0.15, 0.2) is 0 Å². The van der Waals surface area contributed by atoms with Crippen molar-refractivity contribution in [2.45, 2.75) is 12.8 Å². The molecule has 6 nitrogen and oxygen atoms in total. The third-order valence-electron chi connectivity index (χ3n) is 1.81. The number of carbonyl (C=O) groups excluding carboxylic acids is 2. The summed E-state index contributed by atoms with van der Waals surface area (Å²) in [6, 6.07) is 0. The molecule has 0 aromatic rings. The molecule has 0 unspecified atom stereocenters. The molecule has 0 aromatic heterocycles. The van der Waals surface area contributed by atoms with Crippen LogP contribution in [0.5, 0.6) is 0 Å². The summed E-state index contributed by atoms with van der Waals surface area (Å²) in [5.74, 6) is 1.14. The summed E-state index contributed by atoms with van der Waals surface area (Å²) in [6.45, 7) is 0.466. The number of aliphatic hydroxyl groups excluding tert-OH is 2. The number of aliphatic hydroxyl groups is 2. The van der Waals surface area contributed by atoms with Gasteiger partial charge in [-0.1, -0.05) is 0 Å². The van der Waals surface area contributed by atoms with E-state index in [1.54, 1.807) is 0 Å². The number of hydrogen-bond acceptors (Lipinski definition) is 5. The van der Waals surface area contributed by atoms with Crippen LogP contribution in [0.3, 0.4) is 0 Å². The number of carbonyl (C=O) groups is 2. The van der Waals surface area contributed by atoms with Gasteiger partial charge >= 0.3 is 0 Å². The van der Waals surface area contributed by atoms with E-state index in [1.807, 2.05) is 0 Å². The molecular weight excluding hydrogens is 244 g/mol. The highest BCUT2D eigenvalue weighted by Gasteiger charge is 2.02. The standard InChI is InChI=1S/C10H20N2O4S/c13-5-3-11-9(15)1-7-17-8-2-10(16)12-4-6-14/h13-14H,1-8H2,(H,11,15)(H,12,16). The van der Waals surface area contributed by atoms with Gasteiger partial charge in [-0.05, 0) is 0 Å². The fourth-order valence-corrected chi connectivity index (χ4v) is 1.86. The summed E-state index contributed by atoms with van der Waals surface area (Å²) in [7, 11) is 0. The van der Waals surface area contributed by atoms with E-state index < -0.39 is 0 Å². The minimum Gasteiger partial charge on any atom is -0.395 e. The highest BCUT2D eigenvalue weighted by atomic mass is 32.2. The van der Waals surface area contributed by atoms with E-state index in [1.165, 1.54) is 11.8 Å². The lowest BCUT2D eigenvalue weighted by Crippen LogP contribution is -2.27. The molecule has 7 heteroatoms. The quantitative estimate of drug-likeness (QED) is 0.368. The smallest absolute Gasteiger partial charge is 0.220 e. The Hall–Kier alpha value is -0.790. The van der Waals surface area contributed by atoms with E-state index in [0.717, 1.165) is 0 Å². The molecule has 17 heavy (non-hydrogen) atoms. The predicted molar refractivity (Wildman–Crippen MR) is 66.8 cm³/mol.